The predicted molar refractivity (Wildman–Crippen MR) is 47.3 cm³/mol. The third kappa shape index (κ3) is 2.48. The van der Waals surface area contributed by atoms with E-state index in [1.54, 1.807) is 6.07 Å². The molecule has 0 aliphatic carbocycles. The standard InChI is InChI=1S/C6H8N2OS.ClH/c1-2-4-3-5(6(7)9)8-10-4;/h3H,2H2,1H3,(H2,7,9);1H. The largest absolute Gasteiger partial charge is 0.364 e. The number of primary amides is 1. The Labute approximate surface area is 75.2 Å². The number of aromatic nitrogens is 1. The lowest BCUT2D eigenvalue weighted by Crippen LogP contribution is -2.10. The second kappa shape index (κ2) is 4.31. The predicted octanol–water partition coefficient (Wildman–Crippen LogP) is 1.23. The summed E-state index contributed by atoms with van der Waals surface area (Å²) in [5, 5.41) is 0. The van der Waals surface area contributed by atoms with E-state index in [0.29, 0.717) is 5.69 Å². The van der Waals surface area contributed by atoms with Crippen LogP contribution in [0, 0.1) is 0 Å². The van der Waals surface area contributed by atoms with Gasteiger partial charge in [0.05, 0.1) is 0 Å². The number of nitrogens with zero attached hydrogens (tertiary/aromatic N) is 1. The Morgan fingerprint density at radius 1 is 1.82 bits per heavy atom. The van der Waals surface area contributed by atoms with Gasteiger partial charge in [-0.05, 0) is 24.0 Å². The maximum Gasteiger partial charge on any atom is 0.268 e. The first-order chi connectivity index (χ1) is 4.74. The van der Waals surface area contributed by atoms with E-state index in [9.17, 15) is 4.79 Å². The summed E-state index contributed by atoms with van der Waals surface area (Å²) in [6.45, 7) is 2.01. The Bertz CT molecular complexity index is 248. The van der Waals surface area contributed by atoms with E-state index in [0.717, 1.165) is 11.3 Å². The fourth-order valence-electron chi connectivity index (χ4n) is 0.596. The van der Waals surface area contributed by atoms with Gasteiger partial charge in [0.2, 0.25) is 0 Å². The van der Waals surface area contributed by atoms with Crippen molar-refractivity contribution in [3.8, 4) is 0 Å². The summed E-state index contributed by atoms with van der Waals surface area (Å²) >= 11 is 1.33. The van der Waals surface area contributed by atoms with Crippen molar-refractivity contribution in [1.82, 2.24) is 4.37 Å². The summed E-state index contributed by atoms with van der Waals surface area (Å²) in [6, 6.07) is 1.73. The van der Waals surface area contributed by atoms with Gasteiger partial charge in [0.15, 0.2) is 0 Å². The third-order valence-corrected chi connectivity index (χ3v) is 2.09. The van der Waals surface area contributed by atoms with Crippen LogP contribution in [0.1, 0.15) is 22.3 Å². The average Bonchev–Trinajstić information content (AvgIpc) is 2.34. The topological polar surface area (TPSA) is 56.0 Å². The minimum Gasteiger partial charge on any atom is -0.364 e. The highest BCUT2D eigenvalue weighted by Crippen LogP contribution is 2.09. The Morgan fingerprint density at radius 2 is 2.45 bits per heavy atom. The quantitative estimate of drug-likeness (QED) is 0.766. The van der Waals surface area contributed by atoms with Crippen LogP contribution in [0.15, 0.2) is 6.07 Å². The number of nitrogens with two attached hydrogens (primary N) is 1. The van der Waals surface area contributed by atoms with Crippen molar-refractivity contribution in [2.75, 3.05) is 0 Å². The van der Waals surface area contributed by atoms with Crippen LogP contribution >= 0.6 is 23.9 Å². The van der Waals surface area contributed by atoms with Gasteiger partial charge >= 0.3 is 0 Å². The highest BCUT2D eigenvalue weighted by Gasteiger charge is 2.04. The Kier molecular flexibility index (Phi) is 4.07. The number of carbonyl (C=O) groups is 1. The summed E-state index contributed by atoms with van der Waals surface area (Å²) < 4.78 is 3.85. The van der Waals surface area contributed by atoms with Crippen LogP contribution in [0.5, 0.6) is 0 Å². The van der Waals surface area contributed by atoms with Gasteiger partial charge in [-0.25, -0.2) is 0 Å². The molecule has 1 aromatic heterocycles. The Balaban J connectivity index is 0.000001000. The SMILES string of the molecule is CCc1cc(C(N)=O)ns1.Cl. The average molecular weight is 193 g/mol. The number of hydrogen-bond acceptors (Lipinski definition) is 3. The van der Waals surface area contributed by atoms with Crippen molar-refractivity contribution >= 4 is 29.8 Å². The maximum absolute atomic E-state index is 10.5. The fourth-order valence-corrected chi connectivity index (χ4v) is 1.25. The molecule has 1 amide bonds. The molecule has 3 nitrogen and oxygen atoms in total. The molecule has 5 heteroatoms. The van der Waals surface area contributed by atoms with Crippen LogP contribution in [-0.2, 0) is 6.42 Å². The molecule has 0 saturated heterocycles. The van der Waals surface area contributed by atoms with Crippen LogP contribution < -0.4 is 5.73 Å². The summed E-state index contributed by atoms with van der Waals surface area (Å²) in [5.74, 6) is -0.448. The molecule has 0 atom stereocenters. The van der Waals surface area contributed by atoms with Gasteiger partial charge in [-0.2, -0.15) is 4.37 Å². The zero-order valence-corrected chi connectivity index (χ0v) is 7.67. The lowest BCUT2D eigenvalue weighted by Gasteiger charge is -1.81. The molecule has 0 aliphatic rings. The van der Waals surface area contributed by atoms with Crippen molar-refractivity contribution in [2.24, 2.45) is 5.73 Å². The number of amides is 1. The van der Waals surface area contributed by atoms with Crippen LogP contribution in [-0.4, -0.2) is 10.3 Å². The van der Waals surface area contributed by atoms with Crippen molar-refractivity contribution < 1.29 is 4.79 Å². The highest BCUT2D eigenvalue weighted by atomic mass is 35.5. The number of rotatable bonds is 2. The maximum atomic E-state index is 10.5. The van der Waals surface area contributed by atoms with E-state index in [4.69, 9.17) is 5.73 Å². The normalized spacial score (nSPS) is 8.82. The minimum absolute atomic E-state index is 0. The molecule has 11 heavy (non-hydrogen) atoms. The lowest BCUT2D eigenvalue weighted by molar-refractivity contribution is 0.0996. The molecule has 0 unspecified atom stereocenters. The second-order valence-electron chi connectivity index (χ2n) is 1.90. The first-order valence-corrected chi connectivity index (χ1v) is 3.76. The second-order valence-corrected chi connectivity index (χ2v) is 2.79. The highest BCUT2D eigenvalue weighted by molar-refractivity contribution is 7.05. The molecular weight excluding hydrogens is 184 g/mol. The molecule has 0 radical (unpaired) electrons. The van der Waals surface area contributed by atoms with Crippen molar-refractivity contribution in [3.05, 3.63) is 16.6 Å². The number of carbonyl (C=O) groups excluding carboxylic acids is 1. The summed E-state index contributed by atoms with van der Waals surface area (Å²) in [7, 11) is 0. The van der Waals surface area contributed by atoms with E-state index in [2.05, 4.69) is 4.37 Å². The summed E-state index contributed by atoms with van der Waals surface area (Å²) in [6.07, 6.45) is 0.908. The monoisotopic (exact) mass is 192 g/mol. The molecule has 2 N–H and O–H groups in total. The fraction of sp³-hybridized carbons (Fsp3) is 0.333. The molecule has 0 spiro atoms. The minimum atomic E-state index is -0.448. The van der Waals surface area contributed by atoms with Gasteiger partial charge in [-0.1, -0.05) is 6.92 Å². The molecular formula is C6H9ClN2OS. The molecule has 0 fully saturated rings. The van der Waals surface area contributed by atoms with E-state index in [1.807, 2.05) is 6.92 Å². The van der Waals surface area contributed by atoms with Crippen LogP contribution in [0.2, 0.25) is 0 Å². The molecule has 0 bridgehead atoms. The van der Waals surface area contributed by atoms with Crippen molar-refractivity contribution in [2.45, 2.75) is 13.3 Å². The van der Waals surface area contributed by atoms with Crippen LogP contribution in [0.25, 0.3) is 0 Å². The molecule has 1 rings (SSSR count). The molecule has 1 heterocycles. The molecule has 0 aliphatic heterocycles. The first kappa shape index (κ1) is 10.4. The van der Waals surface area contributed by atoms with Crippen LogP contribution in [0.3, 0.4) is 0 Å². The molecule has 0 saturated carbocycles. The molecule has 62 valence electrons. The van der Waals surface area contributed by atoms with Gasteiger partial charge in [-0.3, -0.25) is 4.79 Å². The summed E-state index contributed by atoms with van der Waals surface area (Å²) in [5.41, 5.74) is 5.36. The zero-order valence-electron chi connectivity index (χ0n) is 6.03. The van der Waals surface area contributed by atoms with E-state index in [1.165, 1.54) is 11.5 Å². The number of aryl methyl sites for hydroxylation is 1. The van der Waals surface area contributed by atoms with E-state index < -0.39 is 5.91 Å². The molecule has 0 aromatic carbocycles. The third-order valence-electron chi connectivity index (χ3n) is 1.16. The smallest absolute Gasteiger partial charge is 0.268 e. The van der Waals surface area contributed by atoms with Crippen LogP contribution in [0.4, 0.5) is 0 Å². The molecule has 1 aromatic rings. The van der Waals surface area contributed by atoms with E-state index >= 15 is 0 Å². The van der Waals surface area contributed by atoms with Gasteiger partial charge in [-0.15, -0.1) is 12.4 Å². The van der Waals surface area contributed by atoms with Gasteiger partial charge in [0.1, 0.15) is 5.69 Å². The Morgan fingerprint density at radius 3 is 2.73 bits per heavy atom. The van der Waals surface area contributed by atoms with Gasteiger partial charge in [0.25, 0.3) is 5.91 Å². The first-order valence-electron chi connectivity index (χ1n) is 2.99. The summed E-state index contributed by atoms with van der Waals surface area (Å²) in [4.78, 5) is 11.6. The number of hydrogen-bond donors (Lipinski definition) is 1. The Hall–Kier alpha value is -0.610. The van der Waals surface area contributed by atoms with E-state index in [-0.39, 0.29) is 12.4 Å². The number of halogens is 1. The zero-order chi connectivity index (χ0) is 7.56. The lowest BCUT2D eigenvalue weighted by atomic mass is 10.3. The van der Waals surface area contributed by atoms with Crippen molar-refractivity contribution in [3.63, 3.8) is 0 Å². The van der Waals surface area contributed by atoms with Crippen molar-refractivity contribution in [1.29, 1.82) is 0 Å². The van der Waals surface area contributed by atoms with Gasteiger partial charge in [0, 0.05) is 4.88 Å². The van der Waals surface area contributed by atoms with Gasteiger partial charge < -0.3 is 5.73 Å².